The lowest BCUT2D eigenvalue weighted by atomic mass is 10.2. The Morgan fingerprint density at radius 3 is 2.58 bits per heavy atom. The smallest absolute Gasteiger partial charge is 0.363 e. The van der Waals surface area contributed by atoms with Gasteiger partial charge in [-0.25, -0.2) is 9.78 Å². The lowest BCUT2D eigenvalue weighted by Crippen LogP contribution is -2.10. The highest BCUT2D eigenvalue weighted by molar-refractivity contribution is 7.13. The van der Waals surface area contributed by atoms with Gasteiger partial charge >= 0.3 is 5.97 Å². The van der Waals surface area contributed by atoms with E-state index in [-0.39, 0.29) is 22.9 Å². The van der Waals surface area contributed by atoms with E-state index in [1.165, 1.54) is 30.6 Å². The summed E-state index contributed by atoms with van der Waals surface area (Å²) in [5.41, 5.74) is 0.689. The van der Waals surface area contributed by atoms with Crippen LogP contribution in [0.4, 0.5) is 5.69 Å². The number of nitrogens with zero attached hydrogens (tertiary/aromatic N) is 2. The summed E-state index contributed by atoms with van der Waals surface area (Å²) in [5, 5.41) is 13.7. The van der Waals surface area contributed by atoms with Crippen LogP contribution in [0.5, 0.6) is 11.5 Å². The fraction of sp³-hybridized carbons (Fsp3) is 0.0588. The zero-order valence-electron chi connectivity index (χ0n) is 13.3. The number of ether oxygens (including phenoxy) is 2. The highest BCUT2D eigenvalue weighted by Crippen LogP contribution is 2.32. The van der Waals surface area contributed by atoms with Crippen molar-refractivity contribution in [2.45, 2.75) is 0 Å². The quantitative estimate of drug-likeness (QED) is 0.273. The number of carbonyl (C=O) groups is 1. The van der Waals surface area contributed by atoms with Crippen molar-refractivity contribution in [3.8, 4) is 22.1 Å². The zero-order valence-corrected chi connectivity index (χ0v) is 14.9. The Kier molecular flexibility index (Phi) is 5.15. The lowest BCUT2D eigenvalue weighted by Gasteiger charge is -2.07. The third-order valence-electron chi connectivity index (χ3n) is 3.37. The Hall–Kier alpha value is -2.97. The standard InChI is InChI=1S/C17H11ClN2O5S/c1-24-14-7-6-12(20(22)23)8-15(14)25-17(21)13-9-26-16(19-13)10-2-4-11(18)5-3-10/h2-9H,1H3. The van der Waals surface area contributed by atoms with E-state index in [9.17, 15) is 14.9 Å². The highest BCUT2D eigenvalue weighted by Gasteiger charge is 2.19. The van der Waals surface area contributed by atoms with Gasteiger partial charge in [0.25, 0.3) is 5.69 Å². The third kappa shape index (κ3) is 3.81. The van der Waals surface area contributed by atoms with Crippen LogP contribution >= 0.6 is 22.9 Å². The number of hydrogen-bond acceptors (Lipinski definition) is 7. The first-order chi connectivity index (χ1) is 12.5. The van der Waals surface area contributed by atoms with Gasteiger partial charge in [0, 0.05) is 22.0 Å². The SMILES string of the molecule is COc1ccc([N+](=O)[O-])cc1OC(=O)c1csc(-c2ccc(Cl)cc2)n1. The van der Waals surface area contributed by atoms with Gasteiger partial charge in [-0.1, -0.05) is 23.7 Å². The first-order valence-electron chi connectivity index (χ1n) is 7.24. The van der Waals surface area contributed by atoms with E-state index in [4.69, 9.17) is 21.1 Å². The summed E-state index contributed by atoms with van der Waals surface area (Å²) in [6.45, 7) is 0. The molecule has 132 valence electrons. The predicted octanol–water partition coefficient (Wildman–Crippen LogP) is 4.60. The van der Waals surface area contributed by atoms with Gasteiger partial charge in [0.05, 0.1) is 18.1 Å². The molecule has 0 atom stereocenters. The maximum atomic E-state index is 12.3. The number of esters is 1. The van der Waals surface area contributed by atoms with E-state index in [2.05, 4.69) is 4.98 Å². The number of benzene rings is 2. The number of nitro benzene ring substituents is 1. The molecule has 1 heterocycles. The lowest BCUT2D eigenvalue weighted by molar-refractivity contribution is -0.384. The van der Waals surface area contributed by atoms with Crippen molar-refractivity contribution in [1.29, 1.82) is 0 Å². The molecule has 0 radical (unpaired) electrons. The minimum Gasteiger partial charge on any atom is -0.493 e. The molecule has 26 heavy (non-hydrogen) atoms. The molecule has 0 fully saturated rings. The number of halogens is 1. The molecule has 2 aromatic carbocycles. The number of aromatic nitrogens is 1. The number of thiazole rings is 1. The summed E-state index contributed by atoms with van der Waals surface area (Å²) in [6.07, 6.45) is 0. The van der Waals surface area contributed by atoms with Crippen LogP contribution in [-0.4, -0.2) is 23.0 Å². The summed E-state index contributed by atoms with van der Waals surface area (Å²) in [4.78, 5) is 26.9. The van der Waals surface area contributed by atoms with E-state index >= 15 is 0 Å². The number of nitro groups is 1. The highest BCUT2D eigenvalue weighted by atomic mass is 35.5. The molecule has 9 heteroatoms. The summed E-state index contributed by atoms with van der Waals surface area (Å²) < 4.78 is 10.3. The molecule has 0 aliphatic heterocycles. The van der Waals surface area contributed by atoms with Gasteiger partial charge in [-0.2, -0.15) is 0 Å². The summed E-state index contributed by atoms with van der Waals surface area (Å²) in [5.74, 6) is -0.579. The number of carbonyl (C=O) groups excluding carboxylic acids is 1. The molecule has 0 saturated heterocycles. The molecule has 0 bridgehead atoms. The minimum absolute atomic E-state index is 0.0484. The average Bonchev–Trinajstić information content (AvgIpc) is 3.12. The van der Waals surface area contributed by atoms with E-state index < -0.39 is 10.9 Å². The van der Waals surface area contributed by atoms with Crippen LogP contribution in [0.2, 0.25) is 5.02 Å². The van der Waals surface area contributed by atoms with Gasteiger partial charge in [-0.05, 0) is 18.2 Å². The van der Waals surface area contributed by atoms with Crippen LogP contribution in [0.3, 0.4) is 0 Å². The van der Waals surface area contributed by atoms with E-state index in [0.717, 1.165) is 11.6 Å². The molecular formula is C17H11ClN2O5S. The second-order valence-corrected chi connectivity index (χ2v) is 6.32. The molecular weight excluding hydrogens is 380 g/mol. The molecule has 3 aromatic rings. The van der Waals surface area contributed by atoms with Gasteiger partial charge in [0.15, 0.2) is 17.2 Å². The van der Waals surface area contributed by atoms with Crippen molar-refractivity contribution < 1.29 is 19.2 Å². The second-order valence-electron chi connectivity index (χ2n) is 5.03. The van der Waals surface area contributed by atoms with Crippen LogP contribution in [0, 0.1) is 10.1 Å². The van der Waals surface area contributed by atoms with Gasteiger partial charge in [-0.15, -0.1) is 11.3 Å². The molecule has 0 amide bonds. The van der Waals surface area contributed by atoms with Crippen molar-refractivity contribution in [2.24, 2.45) is 0 Å². The molecule has 0 spiro atoms. The molecule has 0 aliphatic rings. The monoisotopic (exact) mass is 390 g/mol. The van der Waals surface area contributed by atoms with E-state index in [0.29, 0.717) is 10.0 Å². The fourth-order valence-corrected chi connectivity index (χ4v) is 3.02. The average molecular weight is 391 g/mol. The molecule has 0 aliphatic carbocycles. The van der Waals surface area contributed by atoms with Gasteiger partial charge in [-0.3, -0.25) is 10.1 Å². The van der Waals surface area contributed by atoms with Gasteiger partial charge in [0.2, 0.25) is 0 Å². The Bertz CT molecular complexity index is 972. The zero-order chi connectivity index (χ0) is 18.7. The second kappa shape index (κ2) is 7.51. The van der Waals surface area contributed by atoms with Crippen LogP contribution in [0.25, 0.3) is 10.6 Å². The molecule has 0 unspecified atom stereocenters. The first kappa shape index (κ1) is 17.8. The van der Waals surface area contributed by atoms with Crippen LogP contribution in [0.1, 0.15) is 10.5 Å². The Labute approximate surface area is 156 Å². The Balaban J connectivity index is 1.84. The predicted molar refractivity (Wildman–Crippen MR) is 97.2 cm³/mol. The topological polar surface area (TPSA) is 91.6 Å². The maximum absolute atomic E-state index is 12.3. The van der Waals surface area contributed by atoms with Gasteiger partial charge in [0.1, 0.15) is 5.01 Å². The number of non-ortho nitro benzene ring substituents is 1. The number of methoxy groups -OCH3 is 1. The Morgan fingerprint density at radius 2 is 1.92 bits per heavy atom. The summed E-state index contributed by atoms with van der Waals surface area (Å²) in [6, 6.07) is 10.8. The largest absolute Gasteiger partial charge is 0.493 e. The van der Waals surface area contributed by atoms with Crippen molar-refractivity contribution >= 4 is 34.6 Å². The fourth-order valence-electron chi connectivity index (χ4n) is 2.10. The van der Waals surface area contributed by atoms with E-state index in [1.807, 2.05) is 0 Å². The van der Waals surface area contributed by atoms with E-state index in [1.54, 1.807) is 29.6 Å². The first-order valence-corrected chi connectivity index (χ1v) is 8.50. The molecule has 0 saturated carbocycles. The van der Waals surface area contributed by atoms with Crippen LogP contribution < -0.4 is 9.47 Å². The van der Waals surface area contributed by atoms with Crippen LogP contribution in [0.15, 0.2) is 47.8 Å². The maximum Gasteiger partial charge on any atom is 0.363 e. The minimum atomic E-state index is -0.736. The van der Waals surface area contributed by atoms with Crippen molar-refractivity contribution in [3.05, 3.63) is 68.7 Å². The third-order valence-corrected chi connectivity index (χ3v) is 4.51. The summed E-state index contributed by atoms with van der Waals surface area (Å²) in [7, 11) is 1.37. The van der Waals surface area contributed by atoms with Crippen LogP contribution in [-0.2, 0) is 0 Å². The molecule has 7 nitrogen and oxygen atoms in total. The van der Waals surface area contributed by atoms with Crippen molar-refractivity contribution in [3.63, 3.8) is 0 Å². The van der Waals surface area contributed by atoms with Gasteiger partial charge < -0.3 is 9.47 Å². The number of rotatable bonds is 5. The summed E-state index contributed by atoms with van der Waals surface area (Å²) >= 11 is 7.13. The van der Waals surface area contributed by atoms with Crippen molar-refractivity contribution in [1.82, 2.24) is 4.98 Å². The molecule has 1 aromatic heterocycles. The Morgan fingerprint density at radius 1 is 1.19 bits per heavy atom. The molecule has 3 rings (SSSR count). The normalized spacial score (nSPS) is 10.4. The number of hydrogen-bond donors (Lipinski definition) is 0. The molecule has 0 N–H and O–H groups in total. The van der Waals surface area contributed by atoms with Crippen molar-refractivity contribution in [2.75, 3.05) is 7.11 Å².